The van der Waals surface area contributed by atoms with E-state index in [1.165, 1.54) is 29.2 Å². The Balaban J connectivity index is 2.45. The molecule has 2 rings (SSSR count). The average Bonchev–Trinajstić information content (AvgIpc) is 2.39. The van der Waals surface area contributed by atoms with Crippen molar-refractivity contribution in [1.82, 2.24) is 0 Å². The molecule has 104 valence electrons. The maximum atomic E-state index is 13.7. The Kier molecular flexibility index (Phi) is 3.89. The summed E-state index contributed by atoms with van der Waals surface area (Å²) in [5.41, 5.74) is 0.0536. The van der Waals surface area contributed by atoms with Gasteiger partial charge in [0.2, 0.25) is 0 Å². The lowest BCUT2D eigenvalue weighted by Crippen LogP contribution is -2.31. The van der Waals surface area contributed by atoms with Gasteiger partial charge < -0.3 is 15.1 Å². The summed E-state index contributed by atoms with van der Waals surface area (Å²) in [5.74, 6) is -1.84. The standard InChI is InChI=1S/C15H14FNO3/c1-2-17(10-5-3-6-11(18)9-10)15(20)14-12(16)7-4-8-13(14)19/h3-9,18-19H,2H2,1H3. The minimum absolute atomic E-state index is 0.00602. The Hall–Kier alpha value is -2.56. The zero-order valence-corrected chi connectivity index (χ0v) is 10.9. The molecule has 5 heteroatoms. The number of rotatable bonds is 3. The van der Waals surface area contributed by atoms with Gasteiger partial charge in [-0.15, -0.1) is 0 Å². The molecular weight excluding hydrogens is 261 g/mol. The lowest BCUT2D eigenvalue weighted by Gasteiger charge is -2.21. The molecule has 4 nitrogen and oxygen atoms in total. The minimum Gasteiger partial charge on any atom is -0.508 e. The van der Waals surface area contributed by atoms with Crippen LogP contribution in [0.1, 0.15) is 17.3 Å². The Labute approximate surface area is 115 Å². The third-order valence-corrected chi connectivity index (χ3v) is 2.91. The molecule has 1 amide bonds. The number of halogens is 1. The van der Waals surface area contributed by atoms with Crippen molar-refractivity contribution >= 4 is 11.6 Å². The lowest BCUT2D eigenvalue weighted by molar-refractivity contribution is 0.0981. The number of aromatic hydroxyl groups is 2. The number of anilines is 1. The molecule has 0 bridgehead atoms. The van der Waals surface area contributed by atoms with E-state index in [1.54, 1.807) is 19.1 Å². The second kappa shape index (κ2) is 5.61. The second-order valence-corrected chi connectivity index (χ2v) is 4.20. The maximum Gasteiger partial charge on any atom is 0.265 e. The van der Waals surface area contributed by atoms with Gasteiger partial charge in [-0.05, 0) is 31.2 Å². The number of nitrogens with zero attached hydrogens (tertiary/aromatic N) is 1. The Bertz CT molecular complexity index is 623. The SMILES string of the molecule is CCN(C(=O)c1c(O)cccc1F)c1cccc(O)c1. The molecule has 2 aromatic carbocycles. The Morgan fingerprint density at radius 3 is 2.50 bits per heavy atom. The van der Waals surface area contributed by atoms with Crippen LogP contribution in [0.4, 0.5) is 10.1 Å². The molecule has 0 unspecified atom stereocenters. The van der Waals surface area contributed by atoms with Crippen molar-refractivity contribution in [2.45, 2.75) is 6.92 Å². The first-order valence-electron chi connectivity index (χ1n) is 6.13. The number of hydrogen-bond acceptors (Lipinski definition) is 3. The number of phenolic OH excluding ortho intramolecular Hbond substituents is 2. The molecule has 0 atom stereocenters. The molecular formula is C15H14FNO3. The van der Waals surface area contributed by atoms with Crippen molar-refractivity contribution in [3.63, 3.8) is 0 Å². The molecule has 0 saturated heterocycles. The van der Waals surface area contributed by atoms with E-state index < -0.39 is 17.5 Å². The van der Waals surface area contributed by atoms with Gasteiger partial charge >= 0.3 is 0 Å². The zero-order valence-electron chi connectivity index (χ0n) is 10.9. The third-order valence-electron chi connectivity index (χ3n) is 2.91. The summed E-state index contributed by atoms with van der Waals surface area (Å²) in [5, 5.41) is 19.1. The second-order valence-electron chi connectivity index (χ2n) is 4.20. The highest BCUT2D eigenvalue weighted by molar-refractivity contribution is 6.08. The molecule has 0 fully saturated rings. The highest BCUT2D eigenvalue weighted by atomic mass is 19.1. The van der Waals surface area contributed by atoms with Crippen LogP contribution in [0.5, 0.6) is 11.5 Å². The first-order valence-corrected chi connectivity index (χ1v) is 6.13. The molecule has 0 saturated carbocycles. The number of amides is 1. The normalized spacial score (nSPS) is 10.3. The lowest BCUT2D eigenvalue weighted by atomic mass is 10.1. The van der Waals surface area contributed by atoms with Gasteiger partial charge in [0.1, 0.15) is 22.9 Å². The van der Waals surface area contributed by atoms with Gasteiger partial charge in [-0.2, -0.15) is 0 Å². The van der Waals surface area contributed by atoms with Crippen molar-refractivity contribution in [3.05, 3.63) is 53.8 Å². The number of carbonyl (C=O) groups is 1. The first-order chi connectivity index (χ1) is 9.54. The van der Waals surface area contributed by atoms with E-state index in [9.17, 15) is 19.4 Å². The molecule has 0 aliphatic carbocycles. The quantitative estimate of drug-likeness (QED) is 0.905. The minimum atomic E-state index is -0.784. The van der Waals surface area contributed by atoms with Gasteiger partial charge in [-0.25, -0.2) is 4.39 Å². The summed E-state index contributed by atoms with van der Waals surface area (Å²) in [6, 6.07) is 9.78. The van der Waals surface area contributed by atoms with Gasteiger partial charge in [0, 0.05) is 18.3 Å². The van der Waals surface area contributed by atoms with E-state index in [2.05, 4.69) is 0 Å². The summed E-state index contributed by atoms with van der Waals surface area (Å²) in [6.07, 6.45) is 0. The van der Waals surface area contributed by atoms with Crippen molar-refractivity contribution in [3.8, 4) is 11.5 Å². The first kappa shape index (κ1) is 13.9. The zero-order chi connectivity index (χ0) is 14.7. The molecule has 0 spiro atoms. The van der Waals surface area contributed by atoms with Crippen LogP contribution in [0.2, 0.25) is 0 Å². The number of carbonyl (C=O) groups excluding carboxylic acids is 1. The highest BCUT2D eigenvalue weighted by Gasteiger charge is 2.23. The number of benzene rings is 2. The summed E-state index contributed by atoms with van der Waals surface area (Å²) in [7, 11) is 0. The summed E-state index contributed by atoms with van der Waals surface area (Å²) >= 11 is 0. The fraction of sp³-hybridized carbons (Fsp3) is 0.133. The van der Waals surface area contributed by atoms with Crippen LogP contribution in [0.3, 0.4) is 0 Å². The molecule has 2 aromatic rings. The van der Waals surface area contributed by atoms with Crippen LogP contribution in [0.15, 0.2) is 42.5 Å². The summed E-state index contributed by atoms with van der Waals surface area (Å²) < 4.78 is 13.7. The van der Waals surface area contributed by atoms with Crippen LogP contribution >= 0.6 is 0 Å². The van der Waals surface area contributed by atoms with Crippen LogP contribution in [0, 0.1) is 5.82 Å². The molecule has 0 aliphatic rings. The predicted octanol–water partition coefficient (Wildman–Crippen LogP) is 2.90. The van der Waals surface area contributed by atoms with E-state index in [-0.39, 0.29) is 17.9 Å². The predicted molar refractivity (Wildman–Crippen MR) is 73.5 cm³/mol. The molecule has 0 aromatic heterocycles. The largest absolute Gasteiger partial charge is 0.508 e. The van der Waals surface area contributed by atoms with E-state index in [4.69, 9.17) is 0 Å². The van der Waals surface area contributed by atoms with Crippen LogP contribution in [0.25, 0.3) is 0 Å². The molecule has 20 heavy (non-hydrogen) atoms. The van der Waals surface area contributed by atoms with Gasteiger partial charge in [0.05, 0.1) is 0 Å². The fourth-order valence-corrected chi connectivity index (χ4v) is 1.96. The van der Waals surface area contributed by atoms with E-state index >= 15 is 0 Å². The molecule has 0 radical (unpaired) electrons. The van der Waals surface area contributed by atoms with Gasteiger partial charge in [-0.3, -0.25) is 4.79 Å². The average molecular weight is 275 g/mol. The molecule has 0 heterocycles. The topological polar surface area (TPSA) is 60.8 Å². The van der Waals surface area contributed by atoms with Gasteiger partial charge in [-0.1, -0.05) is 12.1 Å². The van der Waals surface area contributed by atoms with Crippen molar-refractivity contribution in [2.75, 3.05) is 11.4 Å². The maximum absolute atomic E-state index is 13.7. The van der Waals surface area contributed by atoms with Crippen LogP contribution in [-0.2, 0) is 0 Å². The number of hydrogen-bond donors (Lipinski definition) is 2. The smallest absolute Gasteiger partial charge is 0.265 e. The highest BCUT2D eigenvalue weighted by Crippen LogP contribution is 2.26. The van der Waals surface area contributed by atoms with E-state index in [0.717, 1.165) is 6.07 Å². The molecule has 2 N–H and O–H groups in total. The van der Waals surface area contributed by atoms with Crippen molar-refractivity contribution < 1.29 is 19.4 Å². The van der Waals surface area contributed by atoms with Gasteiger partial charge in [0.15, 0.2) is 0 Å². The van der Waals surface area contributed by atoms with Crippen LogP contribution in [-0.4, -0.2) is 22.7 Å². The summed E-state index contributed by atoms with van der Waals surface area (Å²) in [4.78, 5) is 13.6. The number of phenols is 2. The molecule has 0 aliphatic heterocycles. The van der Waals surface area contributed by atoms with Crippen molar-refractivity contribution in [2.24, 2.45) is 0 Å². The van der Waals surface area contributed by atoms with E-state index in [1.807, 2.05) is 0 Å². The van der Waals surface area contributed by atoms with E-state index in [0.29, 0.717) is 5.69 Å². The van der Waals surface area contributed by atoms with Crippen LogP contribution < -0.4 is 4.90 Å². The summed E-state index contributed by atoms with van der Waals surface area (Å²) in [6.45, 7) is 2.00. The Morgan fingerprint density at radius 2 is 1.90 bits per heavy atom. The third kappa shape index (κ3) is 2.56. The monoisotopic (exact) mass is 275 g/mol. The van der Waals surface area contributed by atoms with Crippen molar-refractivity contribution in [1.29, 1.82) is 0 Å². The fourth-order valence-electron chi connectivity index (χ4n) is 1.96. The van der Waals surface area contributed by atoms with Gasteiger partial charge in [0.25, 0.3) is 5.91 Å². The Morgan fingerprint density at radius 1 is 1.20 bits per heavy atom.